The zero-order valence-corrected chi connectivity index (χ0v) is 17.9. The highest BCUT2D eigenvalue weighted by Crippen LogP contribution is 2.35. The second-order valence-corrected chi connectivity index (χ2v) is 8.17. The van der Waals surface area contributed by atoms with Crippen LogP contribution in [0.15, 0.2) is 80.1 Å². The summed E-state index contributed by atoms with van der Waals surface area (Å²) in [5.41, 5.74) is 1.12. The number of nitro benzene ring substituents is 1. The summed E-state index contributed by atoms with van der Waals surface area (Å²) in [6.45, 7) is 0. The molecule has 0 aliphatic carbocycles. The van der Waals surface area contributed by atoms with E-state index in [0.29, 0.717) is 21.2 Å². The lowest BCUT2D eigenvalue weighted by Gasteiger charge is -2.04. The third kappa shape index (κ3) is 4.19. The van der Waals surface area contributed by atoms with E-state index in [0.717, 1.165) is 4.47 Å². The van der Waals surface area contributed by atoms with Gasteiger partial charge in [0.05, 0.1) is 9.82 Å². The minimum atomic E-state index is -0.609. The van der Waals surface area contributed by atoms with Gasteiger partial charge in [-0.1, -0.05) is 22.0 Å². The highest BCUT2D eigenvalue weighted by molar-refractivity contribution is 9.10. The van der Waals surface area contributed by atoms with Gasteiger partial charge in [0.1, 0.15) is 0 Å². The number of imidazole rings is 1. The first-order valence-corrected chi connectivity index (χ1v) is 10.2. The number of halogens is 1. The summed E-state index contributed by atoms with van der Waals surface area (Å²) >= 11 is 4.54. The molecule has 1 aromatic heterocycles. The molecule has 2 aromatic carbocycles. The Balaban J connectivity index is 1.65. The van der Waals surface area contributed by atoms with Crippen LogP contribution < -0.4 is 0 Å². The van der Waals surface area contributed by atoms with Gasteiger partial charge >= 0.3 is 5.97 Å². The van der Waals surface area contributed by atoms with E-state index in [1.165, 1.54) is 23.9 Å². The number of aliphatic imine (C=N–C) groups is 1. The first kappa shape index (κ1) is 20.0. The molecular weight excluding hydrogens is 472 g/mol. The molecule has 0 saturated carbocycles. The summed E-state index contributed by atoms with van der Waals surface area (Å²) < 4.78 is 7.90. The van der Waals surface area contributed by atoms with E-state index >= 15 is 0 Å². The zero-order valence-electron chi connectivity index (χ0n) is 15.5. The van der Waals surface area contributed by atoms with Gasteiger partial charge in [-0.25, -0.2) is 14.8 Å². The first-order valence-electron chi connectivity index (χ1n) is 8.63. The SMILES string of the molecule is Cn1ccnc1Sc1ccc(/C=C2/N=C(c3ccc(Br)cc3)OC2=O)cc1[N+](=O)[O-]. The number of benzene rings is 2. The normalized spacial score (nSPS) is 14.7. The smallest absolute Gasteiger partial charge is 0.363 e. The van der Waals surface area contributed by atoms with Crippen LogP contribution in [0.1, 0.15) is 11.1 Å². The molecule has 1 aliphatic rings. The van der Waals surface area contributed by atoms with Gasteiger partial charge < -0.3 is 9.30 Å². The number of carbonyl (C=O) groups is 1. The molecule has 30 heavy (non-hydrogen) atoms. The molecule has 0 spiro atoms. The van der Waals surface area contributed by atoms with E-state index in [2.05, 4.69) is 25.9 Å². The summed E-state index contributed by atoms with van der Waals surface area (Å²) in [4.78, 5) is 32.2. The minimum absolute atomic E-state index is 0.0757. The van der Waals surface area contributed by atoms with E-state index in [1.807, 2.05) is 19.2 Å². The highest BCUT2D eigenvalue weighted by Gasteiger charge is 2.25. The lowest BCUT2D eigenvalue weighted by atomic mass is 10.1. The quantitative estimate of drug-likeness (QED) is 0.227. The molecule has 0 amide bonds. The van der Waals surface area contributed by atoms with Gasteiger partial charge in [0.25, 0.3) is 5.69 Å². The van der Waals surface area contributed by atoms with Crippen molar-refractivity contribution in [2.75, 3.05) is 0 Å². The number of ether oxygens (including phenoxy) is 1. The average Bonchev–Trinajstić information content (AvgIpc) is 3.29. The summed E-state index contributed by atoms with van der Waals surface area (Å²) in [6, 6.07) is 11.9. The summed E-state index contributed by atoms with van der Waals surface area (Å²) in [5, 5.41) is 12.2. The zero-order chi connectivity index (χ0) is 21.3. The lowest BCUT2D eigenvalue weighted by Crippen LogP contribution is -2.05. The van der Waals surface area contributed by atoms with E-state index in [1.54, 1.807) is 41.2 Å². The van der Waals surface area contributed by atoms with E-state index in [9.17, 15) is 14.9 Å². The van der Waals surface area contributed by atoms with Gasteiger partial charge in [0.15, 0.2) is 10.9 Å². The molecule has 0 fully saturated rings. The molecule has 3 aromatic rings. The Hall–Kier alpha value is -3.24. The number of aryl methyl sites for hydroxylation is 1. The molecule has 0 unspecified atom stereocenters. The Morgan fingerprint density at radius 3 is 2.67 bits per heavy atom. The summed E-state index contributed by atoms with van der Waals surface area (Å²) in [6.07, 6.45) is 4.86. The standard InChI is InChI=1S/C20H13BrN4O4S/c1-24-9-8-22-20(24)30-17-7-2-12(11-16(17)25(27)28)10-15-19(26)29-18(23-15)13-3-5-14(21)6-4-13/h2-11H,1H3/b15-10+. The van der Waals surface area contributed by atoms with Gasteiger partial charge in [-0.15, -0.1) is 0 Å². The molecule has 2 heterocycles. The lowest BCUT2D eigenvalue weighted by molar-refractivity contribution is -0.387. The molecule has 10 heteroatoms. The van der Waals surface area contributed by atoms with Crippen molar-refractivity contribution in [3.05, 3.63) is 86.3 Å². The van der Waals surface area contributed by atoms with Crippen molar-refractivity contribution in [2.45, 2.75) is 10.1 Å². The highest BCUT2D eigenvalue weighted by atomic mass is 79.9. The molecule has 0 N–H and O–H groups in total. The van der Waals surface area contributed by atoms with Gasteiger partial charge in [-0.3, -0.25) is 10.1 Å². The molecule has 8 nitrogen and oxygen atoms in total. The fourth-order valence-corrected chi connectivity index (χ4v) is 3.84. The van der Waals surface area contributed by atoms with Crippen LogP contribution in [0.4, 0.5) is 5.69 Å². The maximum atomic E-state index is 12.2. The van der Waals surface area contributed by atoms with Crippen LogP contribution >= 0.6 is 27.7 Å². The Kier molecular flexibility index (Phi) is 5.51. The largest absolute Gasteiger partial charge is 0.402 e. The number of carbonyl (C=O) groups excluding carboxylic acids is 1. The monoisotopic (exact) mass is 484 g/mol. The molecule has 150 valence electrons. The second-order valence-electron chi connectivity index (χ2n) is 6.25. The van der Waals surface area contributed by atoms with Crippen molar-refractivity contribution < 1.29 is 14.5 Å². The van der Waals surface area contributed by atoms with Crippen LogP contribution in [0.5, 0.6) is 0 Å². The first-order chi connectivity index (χ1) is 14.4. The van der Waals surface area contributed by atoms with Gasteiger partial charge in [-0.2, -0.15) is 0 Å². The number of nitro groups is 1. The van der Waals surface area contributed by atoms with Crippen LogP contribution in [0.25, 0.3) is 6.08 Å². The van der Waals surface area contributed by atoms with Crippen LogP contribution in [0, 0.1) is 10.1 Å². The minimum Gasteiger partial charge on any atom is -0.402 e. The Morgan fingerprint density at radius 1 is 1.23 bits per heavy atom. The van der Waals surface area contributed by atoms with Crippen LogP contribution in [0.2, 0.25) is 0 Å². The van der Waals surface area contributed by atoms with Gasteiger partial charge in [0.2, 0.25) is 5.90 Å². The van der Waals surface area contributed by atoms with Crippen LogP contribution in [-0.2, 0) is 16.6 Å². The number of aromatic nitrogens is 2. The van der Waals surface area contributed by atoms with Crippen molar-refractivity contribution >= 4 is 51.3 Å². The number of rotatable bonds is 5. The number of hydrogen-bond acceptors (Lipinski definition) is 7. The topological polar surface area (TPSA) is 99.6 Å². The predicted octanol–water partition coefficient (Wildman–Crippen LogP) is 4.59. The van der Waals surface area contributed by atoms with E-state index in [-0.39, 0.29) is 17.3 Å². The van der Waals surface area contributed by atoms with E-state index < -0.39 is 10.9 Å². The molecule has 0 atom stereocenters. The third-order valence-electron chi connectivity index (χ3n) is 4.17. The number of hydrogen-bond donors (Lipinski definition) is 0. The van der Waals surface area contributed by atoms with Crippen LogP contribution in [0.3, 0.4) is 0 Å². The van der Waals surface area contributed by atoms with E-state index in [4.69, 9.17) is 4.74 Å². The number of cyclic esters (lactones) is 1. The fourth-order valence-electron chi connectivity index (χ4n) is 2.68. The average molecular weight is 485 g/mol. The molecule has 0 bridgehead atoms. The van der Waals surface area contributed by atoms with Gasteiger partial charge in [-0.05, 0) is 53.7 Å². The Labute approximate surface area is 183 Å². The third-order valence-corrected chi connectivity index (χ3v) is 5.84. The predicted molar refractivity (Wildman–Crippen MR) is 115 cm³/mol. The Morgan fingerprint density at radius 2 is 2.00 bits per heavy atom. The number of esters is 1. The maximum absolute atomic E-state index is 12.2. The second kappa shape index (κ2) is 8.25. The van der Waals surface area contributed by atoms with Crippen LogP contribution in [-0.4, -0.2) is 26.3 Å². The van der Waals surface area contributed by atoms with Crippen molar-refractivity contribution in [1.82, 2.24) is 9.55 Å². The molecule has 0 radical (unpaired) electrons. The molecule has 1 aliphatic heterocycles. The van der Waals surface area contributed by atoms with Crippen molar-refractivity contribution in [1.29, 1.82) is 0 Å². The summed E-state index contributed by atoms with van der Waals surface area (Å²) in [7, 11) is 1.81. The molecular formula is C20H13BrN4O4S. The van der Waals surface area contributed by atoms with Gasteiger partial charge in [0, 0.05) is 35.5 Å². The number of nitrogens with zero attached hydrogens (tertiary/aromatic N) is 4. The summed E-state index contributed by atoms with van der Waals surface area (Å²) in [5.74, 6) is -0.419. The van der Waals surface area contributed by atoms with Crippen molar-refractivity contribution in [3.63, 3.8) is 0 Å². The van der Waals surface area contributed by atoms with Crippen molar-refractivity contribution in [2.24, 2.45) is 12.0 Å². The maximum Gasteiger partial charge on any atom is 0.363 e. The molecule has 4 rings (SSSR count). The molecule has 0 saturated heterocycles. The Bertz CT molecular complexity index is 1220. The fraction of sp³-hybridized carbons (Fsp3) is 0.0500. The van der Waals surface area contributed by atoms with Crippen molar-refractivity contribution in [3.8, 4) is 0 Å².